The summed E-state index contributed by atoms with van der Waals surface area (Å²) in [6, 6.07) is 13.6. The van der Waals surface area contributed by atoms with Crippen molar-refractivity contribution in [3.05, 3.63) is 82.8 Å². The minimum Gasteiger partial charge on any atom is -0.493 e. The maximum atomic E-state index is 13.3. The van der Waals surface area contributed by atoms with Gasteiger partial charge in [-0.1, -0.05) is 0 Å². The molecule has 7 rings (SSSR count). The fourth-order valence-electron chi connectivity index (χ4n) is 6.68. The lowest BCUT2D eigenvalue weighted by molar-refractivity contribution is -0.116. The molecule has 0 aliphatic carbocycles. The van der Waals surface area contributed by atoms with Gasteiger partial charge >= 0.3 is 5.97 Å². The molecule has 16 heteroatoms. The van der Waals surface area contributed by atoms with Crippen LogP contribution in [0.1, 0.15) is 66.7 Å². The number of nitrogens with zero attached hydrogens (tertiary/aromatic N) is 4. The second-order valence-corrected chi connectivity index (χ2v) is 14.3. The molecule has 0 spiro atoms. The highest BCUT2D eigenvalue weighted by atomic mass is 32.1. The van der Waals surface area contributed by atoms with E-state index in [1.807, 2.05) is 17.2 Å². The largest absolute Gasteiger partial charge is 0.493 e. The first-order chi connectivity index (χ1) is 26.5. The van der Waals surface area contributed by atoms with Gasteiger partial charge in [0.15, 0.2) is 11.5 Å². The fourth-order valence-corrected chi connectivity index (χ4v) is 7.62. The third-order valence-corrected chi connectivity index (χ3v) is 10.6. The van der Waals surface area contributed by atoms with Crippen molar-refractivity contribution in [2.45, 2.75) is 31.7 Å². The molecule has 0 radical (unpaired) electrons. The number of carbonyl (C=O) groups is 5. The molecule has 15 nitrogen and oxygen atoms in total. The van der Waals surface area contributed by atoms with E-state index in [4.69, 9.17) is 14.2 Å². The quantitative estimate of drug-likeness (QED) is 0.103. The van der Waals surface area contributed by atoms with Crippen molar-refractivity contribution < 1.29 is 38.2 Å². The minimum atomic E-state index is -0.509. The molecular formula is C39H39N7O8S. The van der Waals surface area contributed by atoms with Crippen LogP contribution in [0.25, 0.3) is 10.1 Å². The second kappa shape index (κ2) is 15.5. The molecule has 1 fully saturated rings. The predicted molar refractivity (Wildman–Crippen MR) is 208 cm³/mol. The van der Waals surface area contributed by atoms with Crippen molar-refractivity contribution in [2.75, 3.05) is 43.3 Å². The third kappa shape index (κ3) is 7.80. The van der Waals surface area contributed by atoms with Crippen LogP contribution in [0.4, 0.5) is 22.7 Å². The molecule has 2 aliphatic rings. The van der Waals surface area contributed by atoms with Gasteiger partial charge in [-0.25, -0.2) is 4.79 Å². The summed E-state index contributed by atoms with van der Waals surface area (Å²) in [5.74, 6) is -0.678. The number of esters is 1. The van der Waals surface area contributed by atoms with E-state index < -0.39 is 5.97 Å². The summed E-state index contributed by atoms with van der Waals surface area (Å²) in [7, 11) is 6.20. The average molecular weight is 766 g/mol. The topological polar surface area (TPSA) is 175 Å². The molecule has 3 N–H and O–H groups in total. The van der Waals surface area contributed by atoms with Crippen LogP contribution in [0.2, 0.25) is 0 Å². The zero-order valence-corrected chi connectivity index (χ0v) is 31.5. The SMILES string of the molecule is COC(=O)c1cc(NC(=O)c2cc3cc(NC(=O)c4cc(NC(=O)CCCOc5cc6c(cc5OC)C(=O)N5CCC[C@H]5C=N6)cn4C)ccc3s2)cn1C. The maximum absolute atomic E-state index is 13.3. The number of hydrogen-bond acceptors (Lipinski definition) is 10. The number of nitrogens with one attached hydrogen (secondary N) is 3. The Morgan fingerprint density at radius 1 is 0.873 bits per heavy atom. The van der Waals surface area contributed by atoms with Gasteiger partial charge in [0.2, 0.25) is 5.91 Å². The van der Waals surface area contributed by atoms with Crippen LogP contribution >= 0.6 is 11.3 Å². The zero-order valence-electron chi connectivity index (χ0n) is 30.6. The van der Waals surface area contributed by atoms with Gasteiger partial charge in [-0.3, -0.25) is 24.2 Å². The zero-order chi connectivity index (χ0) is 38.8. The van der Waals surface area contributed by atoms with E-state index in [1.54, 1.807) is 78.1 Å². The van der Waals surface area contributed by atoms with E-state index in [-0.39, 0.29) is 42.7 Å². The number of thiophene rings is 1. The first-order valence-corrected chi connectivity index (χ1v) is 18.4. The van der Waals surface area contributed by atoms with Gasteiger partial charge in [-0.2, -0.15) is 0 Å². The Morgan fingerprint density at radius 3 is 2.40 bits per heavy atom. The number of aliphatic imine (C=N–C) groups is 1. The number of rotatable bonds is 12. The van der Waals surface area contributed by atoms with Crippen LogP contribution in [0.5, 0.6) is 11.5 Å². The van der Waals surface area contributed by atoms with Crippen LogP contribution in [0, 0.1) is 0 Å². The number of amides is 4. The Balaban J connectivity index is 0.914. The van der Waals surface area contributed by atoms with Gasteiger partial charge in [0, 0.05) is 62.1 Å². The Bertz CT molecular complexity index is 2370. The summed E-state index contributed by atoms with van der Waals surface area (Å²) < 4.78 is 20.3. The standard InChI is InChI=1S/C39H39N7O8S/c1-44-20-24(41-35(47)8-6-12-54-32-18-28-27(17-31(32)52-3)38(50)46-11-5-7-26(46)19-40-28)15-29(44)36(48)42-23-9-10-33-22(13-23)14-34(55-33)37(49)43-25-16-30(39(51)53-4)45(2)21-25/h9-10,13-21,26H,5-8,11-12H2,1-4H3,(H,41,47)(H,42,48)(H,43,49)/t26-/m0/s1. The molecule has 1 atom stereocenters. The molecule has 55 heavy (non-hydrogen) atoms. The number of hydrogen-bond donors (Lipinski definition) is 3. The lowest BCUT2D eigenvalue weighted by Gasteiger charge is -2.20. The Kier molecular flexibility index (Phi) is 10.4. The molecule has 2 aromatic carbocycles. The third-order valence-electron chi connectivity index (χ3n) is 9.44. The van der Waals surface area contributed by atoms with E-state index in [2.05, 4.69) is 20.9 Å². The number of ether oxygens (including phenoxy) is 3. The highest BCUT2D eigenvalue weighted by Gasteiger charge is 2.32. The lowest BCUT2D eigenvalue weighted by Crippen LogP contribution is -2.35. The molecule has 5 heterocycles. The molecule has 284 valence electrons. The highest BCUT2D eigenvalue weighted by molar-refractivity contribution is 7.20. The van der Waals surface area contributed by atoms with Gasteiger partial charge in [0.1, 0.15) is 11.4 Å². The van der Waals surface area contributed by atoms with Crippen LogP contribution in [0.3, 0.4) is 0 Å². The molecule has 5 aromatic rings. The molecular weight excluding hydrogens is 727 g/mol. The van der Waals surface area contributed by atoms with Gasteiger partial charge in [0.25, 0.3) is 17.7 Å². The summed E-state index contributed by atoms with van der Waals surface area (Å²) in [6.07, 6.45) is 7.51. The van der Waals surface area contributed by atoms with Crippen molar-refractivity contribution in [1.82, 2.24) is 14.0 Å². The lowest BCUT2D eigenvalue weighted by atomic mass is 10.1. The Morgan fingerprint density at radius 2 is 1.62 bits per heavy atom. The number of methoxy groups -OCH3 is 2. The van der Waals surface area contributed by atoms with Crippen LogP contribution in [-0.4, -0.2) is 83.3 Å². The number of fused-ring (bicyclic) bond motifs is 3. The second-order valence-electron chi connectivity index (χ2n) is 13.2. The van der Waals surface area contributed by atoms with Crippen molar-refractivity contribution in [2.24, 2.45) is 19.1 Å². The van der Waals surface area contributed by atoms with Gasteiger partial charge < -0.3 is 44.2 Å². The summed E-state index contributed by atoms with van der Waals surface area (Å²) in [5.41, 5.74) is 3.09. The number of benzene rings is 2. The average Bonchev–Trinajstić information content (AvgIpc) is 3.96. The normalized spacial score (nSPS) is 14.6. The molecule has 1 saturated heterocycles. The summed E-state index contributed by atoms with van der Waals surface area (Å²) >= 11 is 1.30. The monoisotopic (exact) mass is 765 g/mol. The molecule has 0 unspecified atom stereocenters. The molecule has 0 bridgehead atoms. The summed E-state index contributed by atoms with van der Waals surface area (Å²) in [5, 5.41) is 9.31. The van der Waals surface area contributed by atoms with E-state index in [9.17, 15) is 24.0 Å². The first-order valence-electron chi connectivity index (χ1n) is 17.6. The van der Waals surface area contributed by atoms with Gasteiger partial charge in [-0.15, -0.1) is 11.3 Å². The molecule has 3 aromatic heterocycles. The smallest absolute Gasteiger partial charge is 0.354 e. The minimum absolute atomic E-state index is 0.00368. The summed E-state index contributed by atoms with van der Waals surface area (Å²) in [6.45, 7) is 0.927. The van der Waals surface area contributed by atoms with Crippen LogP contribution in [0.15, 0.2) is 65.9 Å². The Labute approximate surface area is 319 Å². The number of carbonyl (C=O) groups excluding carboxylic acids is 5. The maximum Gasteiger partial charge on any atom is 0.354 e. The molecule has 2 aliphatic heterocycles. The van der Waals surface area contributed by atoms with E-state index in [0.29, 0.717) is 69.0 Å². The van der Waals surface area contributed by atoms with Crippen LogP contribution < -0.4 is 25.4 Å². The van der Waals surface area contributed by atoms with Gasteiger partial charge in [-0.05, 0) is 67.1 Å². The van der Waals surface area contributed by atoms with E-state index >= 15 is 0 Å². The van der Waals surface area contributed by atoms with Gasteiger partial charge in [0.05, 0.1) is 54.4 Å². The molecule has 0 saturated carbocycles. The number of aryl methyl sites for hydroxylation is 2. The van der Waals surface area contributed by atoms with Crippen molar-refractivity contribution in [3.8, 4) is 11.5 Å². The van der Waals surface area contributed by atoms with E-state index in [0.717, 1.165) is 22.9 Å². The fraction of sp³-hybridized carbons (Fsp3) is 0.282. The number of anilines is 3. The summed E-state index contributed by atoms with van der Waals surface area (Å²) in [4.78, 5) is 71.0. The predicted octanol–water partition coefficient (Wildman–Crippen LogP) is 6.00. The Hall–Kier alpha value is -6.42. The van der Waals surface area contributed by atoms with E-state index in [1.165, 1.54) is 25.6 Å². The van der Waals surface area contributed by atoms with Crippen molar-refractivity contribution in [3.63, 3.8) is 0 Å². The van der Waals surface area contributed by atoms with Crippen molar-refractivity contribution in [1.29, 1.82) is 0 Å². The first kappa shape index (κ1) is 36.9. The number of aromatic nitrogens is 2. The highest BCUT2D eigenvalue weighted by Crippen LogP contribution is 2.38. The van der Waals surface area contributed by atoms with Crippen LogP contribution in [-0.2, 0) is 23.6 Å². The van der Waals surface area contributed by atoms with Crippen molar-refractivity contribution >= 4 is 80.0 Å². The molecule has 4 amide bonds.